The van der Waals surface area contributed by atoms with Crippen molar-refractivity contribution in [1.29, 1.82) is 0 Å². The number of allylic oxidation sites excluding steroid dienone is 1. The maximum absolute atomic E-state index is 13.7. The number of ketones is 1. The SMILES string of the molecule is CC(=O)C1=C2CCC3[C@@]4(C)CC[C@H](O[C@H]5OC[C@H](O)[C@H](O[C@@H]6O[C@H](CO)[C@@H](O)[C@H](O)[C@H]6O)[C@H]5O[C@@H]5O[C@@H](C)[C@H](O)[C@@H](O)[C@H]5O)C(C)(C)C4CC[C@@]3(C)[C@]2(C)CC[C@@]12CC[C@@H](C)OC2=O. The first-order valence-electron chi connectivity index (χ1n) is 23.7. The van der Waals surface area contributed by atoms with Crippen LogP contribution in [0.1, 0.15) is 120 Å². The first-order chi connectivity index (χ1) is 30.0. The molecule has 17 nitrogen and oxygen atoms in total. The van der Waals surface area contributed by atoms with Crippen LogP contribution in [0.4, 0.5) is 0 Å². The quantitative estimate of drug-likeness (QED) is 0.127. The van der Waals surface area contributed by atoms with E-state index in [2.05, 4.69) is 34.6 Å². The molecule has 0 aromatic carbocycles. The van der Waals surface area contributed by atoms with Gasteiger partial charge in [0, 0.05) is 5.57 Å². The molecule has 8 N–H and O–H groups in total. The van der Waals surface area contributed by atoms with Crippen LogP contribution in [0.25, 0.3) is 0 Å². The average Bonchev–Trinajstić information content (AvgIpc) is 3.23. The van der Waals surface area contributed by atoms with Crippen molar-refractivity contribution >= 4 is 11.8 Å². The van der Waals surface area contributed by atoms with Crippen molar-refractivity contribution in [1.82, 2.24) is 0 Å². The zero-order valence-electron chi connectivity index (χ0n) is 38.6. The molecule has 22 atom stereocenters. The van der Waals surface area contributed by atoms with E-state index in [1.807, 2.05) is 6.92 Å². The first kappa shape index (κ1) is 48.8. The maximum Gasteiger partial charge on any atom is 0.316 e. The summed E-state index contributed by atoms with van der Waals surface area (Å²) in [7, 11) is 0. The smallest absolute Gasteiger partial charge is 0.316 e. The molecular weight excluding hydrogens is 836 g/mol. The molecule has 4 heterocycles. The summed E-state index contributed by atoms with van der Waals surface area (Å²) in [6.45, 7) is 15.6. The molecule has 4 aliphatic heterocycles. The third kappa shape index (κ3) is 7.49. The van der Waals surface area contributed by atoms with Gasteiger partial charge in [-0.25, -0.2) is 0 Å². The minimum Gasteiger partial charge on any atom is -0.462 e. The lowest BCUT2D eigenvalue weighted by atomic mass is 9.34. The zero-order chi connectivity index (χ0) is 46.6. The predicted molar refractivity (Wildman–Crippen MR) is 223 cm³/mol. The highest BCUT2D eigenvalue weighted by atomic mass is 16.8. The predicted octanol–water partition coefficient (Wildman–Crippen LogP) is 1.54. The van der Waals surface area contributed by atoms with Crippen molar-refractivity contribution in [3.63, 3.8) is 0 Å². The summed E-state index contributed by atoms with van der Waals surface area (Å²) in [4.78, 5) is 27.5. The Kier molecular flexibility index (Phi) is 13.2. The van der Waals surface area contributed by atoms with E-state index in [4.69, 9.17) is 33.2 Å². The molecule has 0 aromatic heterocycles. The summed E-state index contributed by atoms with van der Waals surface area (Å²) < 4.78 is 42.9. The summed E-state index contributed by atoms with van der Waals surface area (Å²) in [5, 5.41) is 85.4. The molecule has 7 fully saturated rings. The Balaban J connectivity index is 1.07. The number of aliphatic hydroxyl groups excluding tert-OH is 8. The highest BCUT2D eigenvalue weighted by Gasteiger charge is 2.69. The Hall–Kier alpha value is -1.68. The summed E-state index contributed by atoms with van der Waals surface area (Å²) in [6.07, 6.45) is -14.1. The van der Waals surface area contributed by atoms with E-state index in [1.165, 1.54) is 6.92 Å². The van der Waals surface area contributed by atoms with Crippen LogP contribution in [0.15, 0.2) is 11.1 Å². The van der Waals surface area contributed by atoms with Gasteiger partial charge in [0.1, 0.15) is 61.0 Å². The summed E-state index contributed by atoms with van der Waals surface area (Å²) >= 11 is 0. The summed E-state index contributed by atoms with van der Waals surface area (Å²) in [6, 6.07) is 0. The Morgan fingerprint density at radius 2 is 1.36 bits per heavy atom. The zero-order valence-corrected chi connectivity index (χ0v) is 38.6. The largest absolute Gasteiger partial charge is 0.462 e. The second-order valence-corrected chi connectivity index (χ2v) is 22.0. The minimum atomic E-state index is -1.81. The van der Waals surface area contributed by atoms with Crippen LogP contribution in [-0.2, 0) is 42.7 Å². The molecule has 64 heavy (non-hydrogen) atoms. The summed E-state index contributed by atoms with van der Waals surface area (Å²) in [5.74, 6) is 0.203. The van der Waals surface area contributed by atoms with Crippen molar-refractivity contribution in [2.75, 3.05) is 13.2 Å². The van der Waals surface area contributed by atoms with Crippen molar-refractivity contribution in [3.8, 4) is 0 Å². The molecule has 4 saturated heterocycles. The van der Waals surface area contributed by atoms with Gasteiger partial charge in [0.15, 0.2) is 24.7 Å². The van der Waals surface area contributed by atoms with Crippen LogP contribution in [0.2, 0.25) is 0 Å². The molecule has 0 radical (unpaired) electrons. The Labute approximate surface area is 375 Å². The lowest BCUT2D eigenvalue weighted by Crippen LogP contribution is -2.66. The second-order valence-electron chi connectivity index (χ2n) is 22.0. The standard InChI is InChI=1S/C47H74O17/c1-21-11-16-47(42(57)59-21)18-17-45(7)24(30(47)22(2)49)9-10-28-44(6)14-13-29(43(4,5)27(44)12-15-46(28,45)8)62-41-38(64-39-35(55)33(53)31(51)23(3)60-39)37(25(50)20-58-41)63-40-36(56)34(54)32(52)26(19-48)61-40/h21,23,25-29,31-41,48,50-56H,9-20H2,1-8H3/t21-,23+,25+,26-,27?,28?,29+,31+,32-,33-,34+,35-,36-,37+,38-,39+,40+,41-,44+,45-,46-,47+/m1/s1. The number of fused-ring (bicyclic) bond motifs is 5. The van der Waals surface area contributed by atoms with Crippen LogP contribution in [0.5, 0.6) is 0 Å². The van der Waals surface area contributed by atoms with Gasteiger partial charge in [-0.05, 0) is 118 Å². The Bertz CT molecular complexity index is 1790. The molecular formula is C47H74O17. The maximum atomic E-state index is 13.7. The number of Topliss-reactive ketones (excluding diaryl/α,β-unsaturated/α-hetero) is 1. The molecule has 4 aliphatic carbocycles. The van der Waals surface area contributed by atoms with Crippen molar-refractivity contribution < 1.29 is 83.6 Å². The van der Waals surface area contributed by atoms with Crippen molar-refractivity contribution in [2.45, 2.75) is 218 Å². The molecule has 364 valence electrons. The average molecular weight is 911 g/mol. The van der Waals surface area contributed by atoms with Gasteiger partial charge in [-0.15, -0.1) is 0 Å². The van der Waals surface area contributed by atoms with Gasteiger partial charge >= 0.3 is 5.97 Å². The van der Waals surface area contributed by atoms with Gasteiger partial charge in [-0.2, -0.15) is 0 Å². The lowest BCUT2D eigenvalue weighted by Gasteiger charge is -2.70. The van der Waals surface area contributed by atoms with E-state index in [0.717, 1.165) is 50.5 Å². The fourth-order valence-electron chi connectivity index (χ4n) is 14.6. The molecule has 0 aromatic rings. The van der Waals surface area contributed by atoms with E-state index in [0.29, 0.717) is 30.8 Å². The van der Waals surface area contributed by atoms with Gasteiger partial charge in [-0.3, -0.25) is 9.59 Å². The van der Waals surface area contributed by atoms with Gasteiger partial charge < -0.3 is 74.0 Å². The highest BCUT2D eigenvalue weighted by molar-refractivity contribution is 6.02. The molecule has 1 spiro atoms. The van der Waals surface area contributed by atoms with E-state index in [-0.39, 0.29) is 46.6 Å². The van der Waals surface area contributed by atoms with Crippen molar-refractivity contribution in [2.24, 2.45) is 38.9 Å². The third-order valence-electron chi connectivity index (χ3n) is 18.4. The fraction of sp³-hybridized carbons (Fsp3) is 0.915. The molecule has 0 amide bonds. The van der Waals surface area contributed by atoms with Gasteiger partial charge in [0.25, 0.3) is 0 Å². The first-order valence-corrected chi connectivity index (χ1v) is 23.7. The number of aliphatic hydroxyl groups is 8. The Morgan fingerprint density at radius 3 is 2.02 bits per heavy atom. The van der Waals surface area contributed by atoms with Crippen LogP contribution in [-0.4, -0.2) is 164 Å². The Morgan fingerprint density at radius 1 is 0.703 bits per heavy atom. The number of esters is 1. The minimum absolute atomic E-state index is 0.0263. The number of cyclic esters (lactones) is 1. The van der Waals surface area contributed by atoms with Gasteiger partial charge in [0.2, 0.25) is 0 Å². The third-order valence-corrected chi connectivity index (χ3v) is 18.4. The number of carbonyl (C=O) groups excluding carboxylic acids is 2. The molecule has 0 bridgehead atoms. The topological polar surface area (TPSA) is 261 Å². The number of rotatable bonds is 8. The van der Waals surface area contributed by atoms with Crippen LogP contribution >= 0.6 is 0 Å². The molecule has 8 rings (SSSR count). The second kappa shape index (κ2) is 17.4. The molecule has 2 unspecified atom stereocenters. The number of carbonyl (C=O) groups is 2. The van der Waals surface area contributed by atoms with Crippen LogP contribution in [0.3, 0.4) is 0 Å². The number of hydrogen-bond acceptors (Lipinski definition) is 17. The number of ether oxygens (including phenoxy) is 7. The lowest BCUT2D eigenvalue weighted by molar-refractivity contribution is -0.388. The number of hydrogen-bond donors (Lipinski definition) is 8. The van der Waals surface area contributed by atoms with E-state index in [1.54, 1.807) is 6.92 Å². The van der Waals surface area contributed by atoms with E-state index >= 15 is 0 Å². The molecule has 3 saturated carbocycles. The summed E-state index contributed by atoms with van der Waals surface area (Å²) in [5.41, 5.74) is -0.0529. The monoisotopic (exact) mass is 910 g/mol. The molecule has 8 aliphatic rings. The fourth-order valence-corrected chi connectivity index (χ4v) is 14.6. The van der Waals surface area contributed by atoms with Crippen molar-refractivity contribution in [3.05, 3.63) is 11.1 Å². The van der Waals surface area contributed by atoms with Gasteiger partial charge in [0.05, 0.1) is 36.9 Å². The van der Waals surface area contributed by atoms with E-state index in [9.17, 15) is 50.4 Å². The van der Waals surface area contributed by atoms with E-state index < -0.39 is 110 Å². The van der Waals surface area contributed by atoms with Gasteiger partial charge in [-0.1, -0.05) is 40.2 Å². The molecule has 17 heteroatoms. The highest BCUT2D eigenvalue weighted by Crippen LogP contribution is 2.75. The van der Waals surface area contributed by atoms with Crippen LogP contribution < -0.4 is 0 Å². The van der Waals surface area contributed by atoms with Crippen LogP contribution in [0, 0.1) is 38.9 Å². The normalized spacial score (nSPS) is 52.9.